The van der Waals surface area contributed by atoms with Gasteiger partial charge in [0.05, 0.1) is 11.6 Å². The van der Waals surface area contributed by atoms with Gasteiger partial charge in [-0.15, -0.1) is 0 Å². The zero-order valence-electron chi connectivity index (χ0n) is 13.7. The number of aliphatic hydroxyl groups excluding tert-OH is 1. The Morgan fingerprint density at radius 2 is 1.67 bits per heavy atom. The molecule has 0 saturated heterocycles. The lowest BCUT2D eigenvalue weighted by Gasteiger charge is -2.23. The van der Waals surface area contributed by atoms with Crippen molar-refractivity contribution in [1.29, 1.82) is 5.26 Å². The van der Waals surface area contributed by atoms with Crippen molar-refractivity contribution in [3.05, 3.63) is 65.2 Å². The number of nitriles is 1. The van der Waals surface area contributed by atoms with Crippen molar-refractivity contribution < 1.29 is 9.84 Å². The molecular weight excluding hydrogens is 300 g/mol. The SMILES string of the molecule is N#Cc1ccc(OCC(O)CN2CCc3ccccc3CC2)cc1. The number of hydrogen-bond acceptors (Lipinski definition) is 4. The van der Waals surface area contributed by atoms with Gasteiger partial charge in [0.15, 0.2) is 0 Å². The van der Waals surface area contributed by atoms with Crippen LogP contribution in [0.4, 0.5) is 0 Å². The summed E-state index contributed by atoms with van der Waals surface area (Å²) < 4.78 is 5.62. The molecule has 1 unspecified atom stereocenters. The molecule has 1 aliphatic heterocycles. The standard InChI is InChI=1S/C20H22N2O2/c21-13-16-5-7-20(8-6-16)24-15-19(23)14-22-11-9-17-3-1-2-4-18(17)10-12-22/h1-8,19,23H,9-12,14-15H2. The summed E-state index contributed by atoms with van der Waals surface area (Å²) in [4.78, 5) is 2.30. The molecule has 0 spiro atoms. The summed E-state index contributed by atoms with van der Waals surface area (Å²) >= 11 is 0. The molecule has 0 saturated carbocycles. The minimum absolute atomic E-state index is 0.259. The van der Waals surface area contributed by atoms with E-state index in [9.17, 15) is 5.11 Å². The molecule has 1 N–H and O–H groups in total. The summed E-state index contributed by atoms with van der Waals surface area (Å²) in [6.07, 6.45) is 1.53. The van der Waals surface area contributed by atoms with E-state index < -0.39 is 6.10 Å². The Balaban J connectivity index is 1.47. The smallest absolute Gasteiger partial charge is 0.119 e. The summed E-state index contributed by atoms with van der Waals surface area (Å²) in [5, 5.41) is 19.0. The number of ether oxygens (including phenoxy) is 1. The van der Waals surface area contributed by atoms with Crippen LogP contribution >= 0.6 is 0 Å². The Morgan fingerprint density at radius 1 is 1.04 bits per heavy atom. The highest BCUT2D eigenvalue weighted by Crippen LogP contribution is 2.16. The van der Waals surface area contributed by atoms with Crippen LogP contribution < -0.4 is 4.74 Å². The van der Waals surface area contributed by atoms with Crippen molar-refractivity contribution >= 4 is 0 Å². The van der Waals surface area contributed by atoms with Crippen molar-refractivity contribution in [2.45, 2.75) is 18.9 Å². The number of rotatable bonds is 5. The highest BCUT2D eigenvalue weighted by molar-refractivity contribution is 5.34. The van der Waals surface area contributed by atoms with Gasteiger partial charge in [0, 0.05) is 19.6 Å². The maximum absolute atomic E-state index is 10.3. The van der Waals surface area contributed by atoms with Gasteiger partial charge in [0.2, 0.25) is 0 Å². The molecule has 0 aliphatic carbocycles. The number of β-amino-alcohol motifs (C(OH)–C–C–N with tert-alkyl or cyclic N) is 1. The molecule has 1 heterocycles. The van der Waals surface area contributed by atoms with Crippen molar-refractivity contribution in [3.63, 3.8) is 0 Å². The minimum atomic E-state index is -0.526. The first-order valence-corrected chi connectivity index (χ1v) is 8.35. The second kappa shape index (κ2) is 7.96. The van der Waals surface area contributed by atoms with E-state index >= 15 is 0 Å². The maximum atomic E-state index is 10.3. The van der Waals surface area contributed by atoms with Crippen LogP contribution in [0.2, 0.25) is 0 Å². The predicted molar refractivity (Wildman–Crippen MR) is 92.9 cm³/mol. The Morgan fingerprint density at radius 3 is 2.25 bits per heavy atom. The molecule has 0 radical (unpaired) electrons. The van der Waals surface area contributed by atoms with Gasteiger partial charge in [0.25, 0.3) is 0 Å². The quantitative estimate of drug-likeness (QED) is 0.918. The Labute approximate surface area is 142 Å². The molecule has 4 nitrogen and oxygen atoms in total. The molecule has 24 heavy (non-hydrogen) atoms. The van der Waals surface area contributed by atoms with Gasteiger partial charge in [-0.2, -0.15) is 5.26 Å². The molecule has 1 atom stereocenters. The van der Waals surface area contributed by atoms with Crippen molar-refractivity contribution in [1.82, 2.24) is 4.90 Å². The Bertz CT molecular complexity index is 679. The van der Waals surface area contributed by atoms with Crippen LogP contribution in [0, 0.1) is 11.3 Å². The van der Waals surface area contributed by atoms with E-state index in [0.717, 1.165) is 25.9 Å². The highest BCUT2D eigenvalue weighted by Gasteiger charge is 2.16. The van der Waals surface area contributed by atoms with E-state index in [1.807, 2.05) is 0 Å². The molecular formula is C20H22N2O2. The van der Waals surface area contributed by atoms with E-state index in [4.69, 9.17) is 10.00 Å². The fourth-order valence-electron chi connectivity index (χ4n) is 3.07. The Kier molecular flexibility index (Phi) is 5.47. The zero-order valence-corrected chi connectivity index (χ0v) is 13.7. The van der Waals surface area contributed by atoms with Crippen LogP contribution in [-0.2, 0) is 12.8 Å². The summed E-state index contributed by atoms with van der Waals surface area (Å²) in [7, 11) is 0. The van der Waals surface area contributed by atoms with Crippen LogP contribution in [0.3, 0.4) is 0 Å². The van der Waals surface area contributed by atoms with Crippen molar-refractivity contribution in [3.8, 4) is 11.8 Å². The summed E-state index contributed by atoms with van der Waals surface area (Å²) in [6, 6.07) is 17.6. The van der Waals surface area contributed by atoms with Gasteiger partial charge in [-0.05, 0) is 48.2 Å². The molecule has 1 aliphatic rings. The summed E-state index contributed by atoms with van der Waals surface area (Å²) in [5.74, 6) is 0.677. The first-order valence-electron chi connectivity index (χ1n) is 8.35. The highest BCUT2D eigenvalue weighted by atomic mass is 16.5. The predicted octanol–water partition coefficient (Wildman–Crippen LogP) is 2.40. The molecule has 124 valence electrons. The van der Waals surface area contributed by atoms with Crippen LogP contribution in [0.5, 0.6) is 5.75 Å². The first kappa shape index (κ1) is 16.5. The van der Waals surface area contributed by atoms with E-state index in [0.29, 0.717) is 17.9 Å². The fraction of sp³-hybridized carbons (Fsp3) is 0.350. The van der Waals surface area contributed by atoms with Crippen molar-refractivity contribution in [2.24, 2.45) is 0 Å². The van der Waals surface area contributed by atoms with Gasteiger partial charge in [-0.25, -0.2) is 0 Å². The molecule has 0 fully saturated rings. The molecule has 4 heteroatoms. The molecule has 2 aromatic rings. The average Bonchev–Trinajstić information content (AvgIpc) is 2.83. The second-order valence-electron chi connectivity index (χ2n) is 6.17. The van der Waals surface area contributed by atoms with Crippen LogP contribution in [0.15, 0.2) is 48.5 Å². The summed E-state index contributed by atoms with van der Waals surface area (Å²) in [5.41, 5.74) is 3.44. The number of aliphatic hydroxyl groups is 1. The number of nitrogens with zero attached hydrogens (tertiary/aromatic N) is 2. The molecule has 3 rings (SSSR count). The topological polar surface area (TPSA) is 56.5 Å². The third-order valence-electron chi connectivity index (χ3n) is 4.41. The van der Waals surface area contributed by atoms with Gasteiger partial charge < -0.3 is 9.84 Å². The van der Waals surface area contributed by atoms with Crippen LogP contribution in [0.1, 0.15) is 16.7 Å². The zero-order chi connectivity index (χ0) is 16.8. The minimum Gasteiger partial charge on any atom is -0.491 e. The number of hydrogen-bond donors (Lipinski definition) is 1. The van der Waals surface area contributed by atoms with Crippen LogP contribution in [0.25, 0.3) is 0 Å². The van der Waals surface area contributed by atoms with E-state index in [2.05, 4.69) is 35.2 Å². The fourth-order valence-corrected chi connectivity index (χ4v) is 3.07. The monoisotopic (exact) mass is 322 g/mol. The second-order valence-corrected chi connectivity index (χ2v) is 6.17. The number of benzene rings is 2. The van der Waals surface area contributed by atoms with E-state index in [1.165, 1.54) is 11.1 Å². The number of fused-ring (bicyclic) bond motifs is 1. The van der Waals surface area contributed by atoms with Gasteiger partial charge >= 0.3 is 0 Å². The molecule has 0 aromatic heterocycles. The largest absolute Gasteiger partial charge is 0.491 e. The van der Waals surface area contributed by atoms with Gasteiger partial charge in [-0.1, -0.05) is 24.3 Å². The third-order valence-corrected chi connectivity index (χ3v) is 4.41. The van der Waals surface area contributed by atoms with Gasteiger partial charge in [-0.3, -0.25) is 4.90 Å². The third kappa shape index (κ3) is 4.35. The summed E-state index contributed by atoms with van der Waals surface area (Å²) in [6.45, 7) is 2.80. The Hall–Kier alpha value is -2.35. The maximum Gasteiger partial charge on any atom is 0.119 e. The van der Waals surface area contributed by atoms with Crippen molar-refractivity contribution in [2.75, 3.05) is 26.2 Å². The average molecular weight is 322 g/mol. The lowest BCUT2D eigenvalue weighted by Crippen LogP contribution is -2.37. The lowest BCUT2D eigenvalue weighted by atomic mass is 10.0. The normalized spacial score (nSPS) is 15.8. The van der Waals surface area contributed by atoms with Crippen LogP contribution in [-0.4, -0.2) is 42.4 Å². The molecule has 0 amide bonds. The molecule has 2 aromatic carbocycles. The first-order chi connectivity index (χ1) is 11.7. The lowest BCUT2D eigenvalue weighted by molar-refractivity contribution is 0.0696. The molecule has 0 bridgehead atoms. The van der Waals surface area contributed by atoms with E-state index in [1.54, 1.807) is 24.3 Å². The van der Waals surface area contributed by atoms with E-state index in [-0.39, 0.29) is 6.61 Å². The van der Waals surface area contributed by atoms with Gasteiger partial charge in [0.1, 0.15) is 18.5 Å².